The molecule has 0 spiro atoms. The van der Waals surface area contributed by atoms with Gasteiger partial charge in [-0.3, -0.25) is 14.8 Å². The van der Waals surface area contributed by atoms with E-state index in [4.69, 9.17) is 22.4 Å². The highest BCUT2D eigenvalue weighted by atomic mass is 35.5. The second kappa shape index (κ2) is 7.36. The summed E-state index contributed by atoms with van der Waals surface area (Å²) in [5.41, 5.74) is 8.39. The van der Waals surface area contributed by atoms with Gasteiger partial charge < -0.3 is 10.8 Å². The third-order valence-corrected chi connectivity index (χ3v) is 4.25. The number of rotatable bonds is 5. The van der Waals surface area contributed by atoms with Crippen LogP contribution in [0.15, 0.2) is 34.2 Å². The number of thiocarbonyl (C=S) groups is 1. The van der Waals surface area contributed by atoms with Crippen LogP contribution in [0.25, 0.3) is 0 Å². The lowest BCUT2D eigenvalue weighted by Gasteiger charge is -2.05. The van der Waals surface area contributed by atoms with E-state index in [1.807, 2.05) is 0 Å². The summed E-state index contributed by atoms with van der Waals surface area (Å²) in [6.07, 6.45) is 1.34. The molecule has 0 aliphatic rings. The molecule has 23 heavy (non-hydrogen) atoms. The van der Waals surface area contributed by atoms with Crippen LogP contribution in [-0.4, -0.2) is 27.0 Å². The van der Waals surface area contributed by atoms with Crippen molar-refractivity contribution in [2.75, 3.05) is 0 Å². The lowest BCUT2D eigenvalue weighted by atomic mass is 10.1. The molecular weight excluding hydrogens is 360 g/mol. The average Bonchev–Trinajstić information content (AvgIpc) is 2.75. The van der Waals surface area contributed by atoms with Crippen molar-refractivity contribution in [2.24, 2.45) is 10.8 Å². The summed E-state index contributed by atoms with van der Waals surface area (Å²) >= 11 is 11.7. The third kappa shape index (κ3) is 4.38. The smallest absolute Gasteiger partial charge is 0.335 e. The summed E-state index contributed by atoms with van der Waals surface area (Å²) in [6.45, 7) is 0.159. The normalized spacial score (nSPS) is 10.8. The second-order valence-electron chi connectivity index (χ2n) is 4.35. The van der Waals surface area contributed by atoms with E-state index in [-0.39, 0.29) is 27.2 Å². The summed E-state index contributed by atoms with van der Waals surface area (Å²) in [7, 11) is 0. The Balaban J connectivity index is 2.27. The number of hydrogen-bond acceptors (Lipinski definition) is 5. The molecule has 1 aromatic heterocycles. The highest BCUT2D eigenvalue weighted by Gasteiger charge is 2.13. The van der Waals surface area contributed by atoms with Crippen LogP contribution >= 0.6 is 35.2 Å². The molecule has 0 fully saturated rings. The highest BCUT2D eigenvalue weighted by molar-refractivity contribution is 7.80. The maximum absolute atomic E-state index is 12.0. The molecule has 0 aliphatic carbocycles. The van der Waals surface area contributed by atoms with Crippen LogP contribution in [0.2, 0.25) is 5.15 Å². The maximum atomic E-state index is 12.0. The van der Waals surface area contributed by atoms with Gasteiger partial charge in [-0.2, -0.15) is 5.10 Å². The number of aromatic nitrogens is 1. The van der Waals surface area contributed by atoms with E-state index in [2.05, 4.69) is 22.7 Å². The molecule has 0 saturated carbocycles. The zero-order valence-corrected chi connectivity index (χ0v) is 13.9. The number of benzene rings is 1. The van der Waals surface area contributed by atoms with Crippen molar-refractivity contribution in [1.82, 2.24) is 9.99 Å². The fraction of sp³-hybridized carbons (Fsp3) is 0.0769. The fourth-order valence-electron chi connectivity index (χ4n) is 1.76. The number of nitrogens with one attached hydrogen (secondary N) is 1. The predicted molar refractivity (Wildman–Crippen MR) is 93.6 cm³/mol. The molecule has 0 saturated heterocycles. The summed E-state index contributed by atoms with van der Waals surface area (Å²) in [5.74, 6) is -1.03. The molecule has 2 aromatic rings. The van der Waals surface area contributed by atoms with Crippen LogP contribution in [0, 0.1) is 0 Å². The van der Waals surface area contributed by atoms with Crippen molar-refractivity contribution in [3.8, 4) is 0 Å². The first-order valence-electron chi connectivity index (χ1n) is 6.18. The molecule has 0 atom stereocenters. The first-order valence-corrected chi connectivity index (χ1v) is 7.78. The Hall–Kier alpha value is -2.23. The largest absolute Gasteiger partial charge is 0.478 e. The van der Waals surface area contributed by atoms with Gasteiger partial charge in [0.1, 0.15) is 5.15 Å². The van der Waals surface area contributed by atoms with E-state index in [0.29, 0.717) is 10.4 Å². The van der Waals surface area contributed by atoms with Gasteiger partial charge in [-0.1, -0.05) is 35.1 Å². The van der Waals surface area contributed by atoms with Crippen LogP contribution in [0.5, 0.6) is 0 Å². The summed E-state index contributed by atoms with van der Waals surface area (Å²) in [5, 5.41) is 12.9. The van der Waals surface area contributed by atoms with E-state index in [1.54, 1.807) is 12.1 Å². The van der Waals surface area contributed by atoms with Gasteiger partial charge in [0.15, 0.2) is 5.11 Å². The SMILES string of the molecule is NC(=S)NN=Cc1sc(=O)n(Cc2cccc(C(=O)O)c2)c1Cl. The Morgan fingerprint density at radius 2 is 2.30 bits per heavy atom. The number of carboxylic acid groups (broad SMARTS) is 1. The molecule has 0 unspecified atom stereocenters. The molecular formula is C13H11ClN4O3S2. The number of nitrogens with zero attached hydrogens (tertiary/aromatic N) is 2. The molecule has 0 aliphatic heterocycles. The van der Waals surface area contributed by atoms with Gasteiger partial charge in [0.05, 0.1) is 23.2 Å². The zero-order valence-electron chi connectivity index (χ0n) is 11.5. The molecule has 4 N–H and O–H groups in total. The van der Waals surface area contributed by atoms with Crippen molar-refractivity contribution in [3.05, 3.63) is 55.1 Å². The number of hydrogen-bond donors (Lipinski definition) is 3. The van der Waals surface area contributed by atoms with Gasteiger partial charge >= 0.3 is 10.8 Å². The Morgan fingerprint density at radius 1 is 1.57 bits per heavy atom. The first-order chi connectivity index (χ1) is 10.9. The van der Waals surface area contributed by atoms with Crippen LogP contribution in [0.4, 0.5) is 0 Å². The molecule has 0 radical (unpaired) electrons. The van der Waals surface area contributed by atoms with Crippen LogP contribution in [-0.2, 0) is 6.54 Å². The quantitative estimate of drug-likeness (QED) is 0.418. The van der Waals surface area contributed by atoms with Gasteiger partial charge in [-0.05, 0) is 29.9 Å². The standard InChI is InChI=1S/C13H11ClN4O3S2/c14-10-9(5-16-17-12(15)22)23-13(21)18(10)6-7-2-1-3-8(4-7)11(19)20/h1-5H,6H2,(H,19,20)(H3,15,17,22). The lowest BCUT2D eigenvalue weighted by molar-refractivity contribution is 0.0696. The van der Waals surface area contributed by atoms with Gasteiger partial charge in [0.2, 0.25) is 0 Å². The molecule has 1 aromatic carbocycles. The van der Waals surface area contributed by atoms with Crippen molar-refractivity contribution in [2.45, 2.75) is 6.54 Å². The van der Waals surface area contributed by atoms with Gasteiger partial charge in [-0.25, -0.2) is 4.79 Å². The maximum Gasteiger partial charge on any atom is 0.335 e. The second-order valence-corrected chi connectivity index (χ2v) is 6.14. The van der Waals surface area contributed by atoms with E-state index in [1.165, 1.54) is 22.9 Å². The predicted octanol–water partition coefficient (Wildman–Crippen LogP) is 1.48. The Labute approximate surface area is 145 Å². The minimum atomic E-state index is -1.03. The van der Waals surface area contributed by atoms with Crippen molar-refractivity contribution >= 4 is 52.5 Å². The van der Waals surface area contributed by atoms with Crippen molar-refractivity contribution in [1.29, 1.82) is 0 Å². The number of carboxylic acids is 1. The zero-order chi connectivity index (χ0) is 17.0. The van der Waals surface area contributed by atoms with E-state index in [9.17, 15) is 9.59 Å². The fourth-order valence-corrected chi connectivity index (χ4v) is 2.92. The van der Waals surface area contributed by atoms with Crippen LogP contribution < -0.4 is 16.0 Å². The molecule has 2 rings (SSSR count). The average molecular weight is 371 g/mol. The number of thiazole rings is 1. The first kappa shape index (κ1) is 17.1. The molecule has 1 heterocycles. The number of hydrazone groups is 1. The molecule has 0 amide bonds. The van der Waals surface area contributed by atoms with Gasteiger partial charge in [0, 0.05) is 0 Å². The number of aromatic carboxylic acids is 1. The summed E-state index contributed by atoms with van der Waals surface area (Å²) in [4.78, 5) is 23.2. The molecule has 10 heteroatoms. The minimum absolute atomic E-state index is 0.00497. The monoisotopic (exact) mass is 370 g/mol. The Kier molecular flexibility index (Phi) is 5.48. The number of halogens is 1. The Morgan fingerprint density at radius 3 is 2.96 bits per heavy atom. The summed E-state index contributed by atoms with van der Waals surface area (Å²) < 4.78 is 1.33. The summed E-state index contributed by atoms with van der Waals surface area (Å²) in [6, 6.07) is 6.29. The van der Waals surface area contributed by atoms with Crippen LogP contribution in [0.3, 0.4) is 0 Å². The highest BCUT2D eigenvalue weighted by Crippen LogP contribution is 2.18. The van der Waals surface area contributed by atoms with E-state index >= 15 is 0 Å². The number of nitrogens with two attached hydrogens (primary N) is 1. The number of carbonyl (C=O) groups is 1. The Bertz CT molecular complexity index is 844. The molecule has 7 nitrogen and oxygen atoms in total. The van der Waals surface area contributed by atoms with E-state index < -0.39 is 5.97 Å². The minimum Gasteiger partial charge on any atom is -0.478 e. The molecule has 120 valence electrons. The van der Waals surface area contributed by atoms with Gasteiger partial charge in [0.25, 0.3) is 0 Å². The van der Waals surface area contributed by atoms with Crippen molar-refractivity contribution < 1.29 is 9.90 Å². The van der Waals surface area contributed by atoms with E-state index in [0.717, 1.165) is 11.3 Å². The van der Waals surface area contributed by atoms with Gasteiger partial charge in [-0.15, -0.1) is 0 Å². The third-order valence-electron chi connectivity index (χ3n) is 2.73. The van der Waals surface area contributed by atoms with Crippen LogP contribution in [0.1, 0.15) is 20.8 Å². The van der Waals surface area contributed by atoms with Crippen molar-refractivity contribution in [3.63, 3.8) is 0 Å². The lowest BCUT2D eigenvalue weighted by Crippen LogP contribution is -2.23. The molecule has 0 bridgehead atoms. The topological polar surface area (TPSA) is 110 Å².